The van der Waals surface area contributed by atoms with Gasteiger partial charge in [-0.15, -0.1) is 0 Å². The molecule has 6 nitrogen and oxygen atoms in total. The predicted molar refractivity (Wildman–Crippen MR) is 240 cm³/mol. The maximum absolute atomic E-state index is 8.92. The van der Waals surface area contributed by atoms with E-state index < -0.39 is 0 Å². The number of aliphatic imine (C=N–C) groups is 1. The van der Waals surface area contributed by atoms with Crippen LogP contribution in [0.2, 0.25) is 0 Å². The smallest absolute Gasteiger partial charge is 0.158 e. The van der Waals surface area contributed by atoms with Crippen molar-refractivity contribution in [3.8, 4) is 16.8 Å². The lowest BCUT2D eigenvalue weighted by Crippen LogP contribution is -2.16. The van der Waals surface area contributed by atoms with Crippen molar-refractivity contribution < 1.29 is 8.83 Å². The molecule has 12 aromatic rings. The Morgan fingerprint density at radius 2 is 1.05 bits per heavy atom. The number of nitrogens with two attached hydrogens (primary N) is 1. The van der Waals surface area contributed by atoms with Crippen molar-refractivity contribution in [2.24, 2.45) is 10.7 Å². The van der Waals surface area contributed by atoms with Crippen LogP contribution in [0.4, 0.5) is 0 Å². The number of amidine groups is 2. The van der Waals surface area contributed by atoms with Crippen molar-refractivity contribution in [3.63, 3.8) is 0 Å². The van der Waals surface area contributed by atoms with Gasteiger partial charge in [-0.2, -0.15) is 0 Å². The number of furan rings is 2. The molecule has 6 heteroatoms. The average molecular weight is 745 g/mol. The van der Waals surface area contributed by atoms with Crippen LogP contribution >= 0.6 is 0 Å². The van der Waals surface area contributed by atoms with Crippen LogP contribution in [0.5, 0.6) is 0 Å². The van der Waals surface area contributed by atoms with Crippen LogP contribution in [0.1, 0.15) is 11.1 Å². The van der Waals surface area contributed by atoms with Gasteiger partial charge in [-0.25, -0.2) is 4.99 Å². The summed E-state index contributed by atoms with van der Waals surface area (Å²) >= 11 is 0. The first-order valence-electron chi connectivity index (χ1n) is 19.3. The fourth-order valence-corrected chi connectivity index (χ4v) is 8.84. The highest BCUT2D eigenvalue weighted by atomic mass is 16.3. The van der Waals surface area contributed by atoms with Crippen LogP contribution in [0.15, 0.2) is 190 Å². The average Bonchev–Trinajstić information content (AvgIpc) is 3.93. The van der Waals surface area contributed by atoms with Crippen molar-refractivity contribution in [3.05, 3.63) is 187 Å². The molecule has 0 amide bonds. The molecule has 3 aromatic heterocycles. The summed E-state index contributed by atoms with van der Waals surface area (Å²) in [5.41, 5.74) is 16.3. The largest absolute Gasteiger partial charge is 0.456 e. The van der Waals surface area contributed by atoms with E-state index in [0.29, 0.717) is 11.1 Å². The van der Waals surface area contributed by atoms with Gasteiger partial charge in [0.05, 0.1) is 27.7 Å². The first-order valence-corrected chi connectivity index (χ1v) is 19.3. The molecule has 0 saturated heterocycles. The molecule has 0 spiro atoms. The Bertz CT molecular complexity index is 3620. The third kappa shape index (κ3) is 4.85. The van der Waals surface area contributed by atoms with Gasteiger partial charge in [-0.1, -0.05) is 121 Å². The van der Waals surface area contributed by atoms with Gasteiger partial charge in [0.1, 0.15) is 28.2 Å². The van der Waals surface area contributed by atoms with Gasteiger partial charge < -0.3 is 19.1 Å². The molecule has 0 aliphatic rings. The summed E-state index contributed by atoms with van der Waals surface area (Å²) in [6.45, 7) is 0. The minimum atomic E-state index is 0.0398. The van der Waals surface area contributed by atoms with Crippen LogP contribution in [0, 0.1) is 5.41 Å². The highest BCUT2D eigenvalue weighted by molar-refractivity contribution is 6.20. The Morgan fingerprint density at radius 1 is 0.483 bits per heavy atom. The SMILES string of the molecule is N=C(N=C(N)c1ccc(-c2cc(-n3c4cc5ccccc5cc4c4cc5ccccc5cc43)c3c(c2)oc2ccccc23)cc1)c1cccc2c1oc1ccccc12. The van der Waals surface area contributed by atoms with Gasteiger partial charge in [0.15, 0.2) is 5.84 Å². The van der Waals surface area contributed by atoms with Crippen molar-refractivity contribution >= 4 is 98.9 Å². The Morgan fingerprint density at radius 3 is 1.72 bits per heavy atom. The number of nitrogens with zero attached hydrogens (tertiary/aromatic N) is 2. The summed E-state index contributed by atoms with van der Waals surface area (Å²) in [5, 5.41) is 20.2. The first kappa shape index (κ1) is 32.3. The highest BCUT2D eigenvalue weighted by Crippen LogP contribution is 2.43. The maximum Gasteiger partial charge on any atom is 0.158 e. The van der Waals surface area contributed by atoms with Crippen LogP contribution in [-0.2, 0) is 0 Å². The predicted octanol–water partition coefficient (Wildman–Crippen LogP) is 13.3. The third-order valence-corrected chi connectivity index (χ3v) is 11.6. The van der Waals surface area contributed by atoms with Gasteiger partial charge in [0.25, 0.3) is 0 Å². The van der Waals surface area contributed by atoms with E-state index in [2.05, 4.69) is 119 Å². The lowest BCUT2D eigenvalue weighted by molar-refractivity contribution is 0.668. The van der Waals surface area contributed by atoms with Crippen molar-refractivity contribution in [1.82, 2.24) is 4.57 Å². The second-order valence-corrected chi connectivity index (χ2v) is 14.9. The molecule has 0 saturated carbocycles. The lowest BCUT2D eigenvalue weighted by atomic mass is 10.00. The maximum atomic E-state index is 8.92. The summed E-state index contributed by atoms with van der Waals surface area (Å²) in [6.07, 6.45) is 0. The molecule has 9 aromatic carbocycles. The zero-order valence-electron chi connectivity index (χ0n) is 31.0. The normalized spacial score (nSPS) is 12.4. The molecule has 0 aliphatic heterocycles. The van der Waals surface area contributed by atoms with Crippen LogP contribution in [0.3, 0.4) is 0 Å². The number of benzene rings is 9. The highest BCUT2D eigenvalue weighted by Gasteiger charge is 2.21. The van der Waals surface area contributed by atoms with E-state index in [9.17, 15) is 0 Å². The number of hydrogen-bond donors (Lipinski definition) is 2. The van der Waals surface area contributed by atoms with E-state index >= 15 is 0 Å². The Hall–Kier alpha value is -7.96. The molecule has 0 bridgehead atoms. The van der Waals surface area contributed by atoms with Crippen LogP contribution in [-0.4, -0.2) is 16.2 Å². The monoisotopic (exact) mass is 744 g/mol. The number of nitrogens with one attached hydrogen (secondary N) is 1. The summed E-state index contributed by atoms with van der Waals surface area (Å²) in [6, 6.07) is 60.8. The van der Waals surface area contributed by atoms with Crippen LogP contribution in [0.25, 0.3) is 104 Å². The Balaban J connectivity index is 1.02. The third-order valence-electron chi connectivity index (χ3n) is 11.6. The van der Waals surface area contributed by atoms with E-state index in [1.807, 2.05) is 66.7 Å². The summed E-state index contributed by atoms with van der Waals surface area (Å²) in [4.78, 5) is 4.55. The zero-order chi connectivity index (χ0) is 38.5. The topological polar surface area (TPSA) is 93.4 Å². The lowest BCUT2D eigenvalue weighted by Gasteiger charge is -2.13. The van der Waals surface area contributed by atoms with Crippen LogP contribution < -0.4 is 5.73 Å². The molecule has 0 aliphatic carbocycles. The molecular weight excluding hydrogens is 713 g/mol. The molecule has 0 atom stereocenters. The van der Waals surface area contributed by atoms with E-state index in [4.69, 9.17) is 20.0 Å². The summed E-state index contributed by atoms with van der Waals surface area (Å²) < 4.78 is 15.2. The Kier molecular flexibility index (Phi) is 6.83. The second kappa shape index (κ2) is 12.3. The van der Waals surface area contributed by atoms with E-state index in [1.54, 1.807) is 0 Å². The molecule has 58 heavy (non-hydrogen) atoms. The van der Waals surface area contributed by atoms with Gasteiger partial charge in [0.2, 0.25) is 0 Å². The second-order valence-electron chi connectivity index (χ2n) is 14.9. The molecule has 272 valence electrons. The minimum absolute atomic E-state index is 0.0398. The van der Waals surface area contributed by atoms with Crippen molar-refractivity contribution in [2.75, 3.05) is 0 Å². The van der Waals surface area contributed by atoms with E-state index in [1.165, 1.54) is 32.3 Å². The molecular formula is C52H32N4O2. The number of rotatable bonds is 4. The van der Waals surface area contributed by atoms with E-state index in [0.717, 1.165) is 71.7 Å². The van der Waals surface area contributed by atoms with Gasteiger partial charge in [-0.05, 0) is 87.3 Å². The van der Waals surface area contributed by atoms with Gasteiger partial charge in [0, 0.05) is 32.5 Å². The molecule has 12 rings (SSSR count). The standard InChI is InChI=1S/C52H32N4O2/c53-51(55-52(54)40-17-9-16-38-37-14-5-7-18-46(37)58-50(38)40)31-22-20-30(21-23-31)36-28-45(49-39-15-6-8-19-47(39)57-48(49)29-36)56-43-26-34-12-3-1-10-32(34)24-41(43)42-25-33-11-2-4-13-35(33)27-44(42)56/h1-29H,(H3,53,54,55). The quantitative estimate of drug-likeness (QED) is 0.139. The van der Waals surface area contributed by atoms with Crippen molar-refractivity contribution in [2.45, 2.75) is 0 Å². The van der Waals surface area contributed by atoms with E-state index in [-0.39, 0.29) is 11.7 Å². The van der Waals surface area contributed by atoms with Gasteiger partial charge in [-0.3, -0.25) is 5.41 Å². The molecule has 0 unspecified atom stereocenters. The first-order chi connectivity index (χ1) is 28.6. The fraction of sp³-hybridized carbons (Fsp3) is 0. The number of para-hydroxylation sites is 3. The number of fused-ring (bicyclic) bond motifs is 11. The molecule has 3 heterocycles. The Labute approximate surface area is 331 Å². The summed E-state index contributed by atoms with van der Waals surface area (Å²) in [5.74, 6) is 0.292. The number of hydrogen-bond acceptors (Lipinski definition) is 3. The van der Waals surface area contributed by atoms with Gasteiger partial charge >= 0.3 is 0 Å². The minimum Gasteiger partial charge on any atom is -0.456 e. The molecule has 0 fully saturated rings. The molecule has 3 N–H and O–H groups in total. The fourth-order valence-electron chi connectivity index (χ4n) is 8.84. The zero-order valence-corrected chi connectivity index (χ0v) is 31.0. The van der Waals surface area contributed by atoms with Crippen molar-refractivity contribution in [1.29, 1.82) is 5.41 Å². The summed E-state index contributed by atoms with van der Waals surface area (Å²) in [7, 11) is 0. The number of aromatic nitrogens is 1. The molecule has 0 radical (unpaired) electrons.